The van der Waals surface area contributed by atoms with Gasteiger partial charge in [0, 0.05) is 6.20 Å². The van der Waals surface area contributed by atoms with Crippen LogP contribution < -0.4 is 16.4 Å². The van der Waals surface area contributed by atoms with Gasteiger partial charge >= 0.3 is 0 Å². The number of hydrogen-bond acceptors (Lipinski definition) is 4. The summed E-state index contributed by atoms with van der Waals surface area (Å²) in [4.78, 5) is 15.3. The van der Waals surface area contributed by atoms with E-state index in [0.29, 0.717) is 6.42 Å². The lowest BCUT2D eigenvalue weighted by atomic mass is 10.2. The first-order valence-corrected chi connectivity index (χ1v) is 4.47. The van der Waals surface area contributed by atoms with Crippen molar-refractivity contribution < 1.29 is 4.79 Å². The quantitative estimate of drug-likeness (QED) is 0.559. The highest BCUT2D eigenvalue weighted by atomic mass is 16.2. The fourth-order valence-corrected chi connectivity index (χ4v) is 1.44. The molecule has 1 fully saturated rings. The van der Waals surface area contributed by atoms with E-state index in [-0.39, 0.29) is 18.2 Å². The number of aromatic nitrogens is 1. The summed E-state index contributed by atoms with van der Waals surface area (Å²) >= 11 is 0. The van der Waals surface area contributed by atoms with E-state index in [1.54, 1.807) is 6.20 Å². The Morgan fingerprint density at radius 3 is 3.00 bits per heavy atom. The van der Waals surface area contributed by atoms with E-state index < -0.39 is 0 Å². The highest BCUT2D eigenvalue weighted by molar-refractivity contribution is 5.77. The lowest BCUT2D eigenvalue weighted by Gasteiger charge is -2.28. The van der Waals surface area contributed by atoms with Gasteiger partial charge in [-0.2, -0.15) is 0 Å². The molecular formula is C9H12N4O. The van der Waals surface area contributed by atoms with Crippen molar-refractivity contribution in [1.29, 1.82) is 0 Å². The van der Waals surface area contributed by atoms with Crippen molar-refractivity contribution in [2.75, 3.05) is 0 Å². The van der Waals surface area contributed by atoms with E-state index in [1.807, 2.05) is 18.2 Å². The molecule has 5 heteroatoms. The maximum absolute atomic E-state index is 11.2. The Balaban J connectivity index is 2.15. The fraction of sp³-hybridized carbons (Fsp3) is 0.333. The van der Waals surface area contributed by atoms with E-state index in [4.69, 9.17) is 5.73 Å². The maximum Gasteiger partial charge on any atom is 0.224 e. The minimum atomic E-state index is -0.296. The number of carbonyl (C=O) groups is 1. The molecule has 2 rings (SSSR count). The molecule has 14 heavy (non-hydrogen) atoms. The average molecular weight is 192 g/mol. The number of nitrogens with one attached hydrogen (secondary N) is 2. The highest BCUT2D eigenvalue weighted by Crippen LogP contribution is 2.10. The Bertz CT molecular complexity index is 327. The molecule has 5 nitrogen and oxygen atoms in total. The molecule has 0 aromatic carbocycles. The zero-order valence-electron chi connectivity index (χ0n) is 7.60. The third-order valence-corrected chi connectivity index (χ3v) is 2.07. The molecule has 1 aliphatic heterocycles. The van der Waals surface area contributed by atoms with Crippen LogP contribution in [0.1, 0.15) is 18.3 Å². The summed E-state index contributed by atoms with van der Waals surface area (Å²) in [5.74, 6) is -0.0492. The summed E-state index contributed by atoms with van der Waals surface area (Å²) < 4.78 is 0. The third kappa shape index (κ3) is 1.89. The monoisotopic (exact) mass is 192 g/mol. The standard InChI is InChI=1S/C9H12N4O/c10-7-5-8(14)13-9(12-7)6-3-1-2-4-11-6/h1-4,7,9,12H,5,10H2,(H,13,14). The van der Waals surface area contributed by atoms with E-state index in [2.05, 4.69) is 15.6 Å². The van der Waals surface area contributed by atoms with Gasteiger partial charge in [0.05, 0.1) is 18.3 Å². The van der Waals surface area contributed by atoms with Crippen molar-refractivity contribution in [3.63, 3.8) is 0 Å². The van der Waals surface area contributed by atoms with Crippen LogP contribution in [0.15, 0.2) is 24.4 Å². The zero-order valence-corrected chi connectivity index (χ0v) is 7.60. The van der Waals surface area contributed by atoms with E-state index in [1.165, 1.54) is 0 Å². The lowest BCUT2D eigenvalue weighted by molar-refractivity contribution is -0.124. The van der Waals surface area contributed by atoms with Crippen LogP contribution in [0.4, 0.5) is 0 Å². The second-order valence-corrected chi connectivity index (χ2v) is 3.23. The van der Waals surface area contributed by atoms with Crippen LogP contribution in [0, 0.1) is 0 Å². The molecule has 0 aliphatic carbocycles. The largest absolute Gasteiger partial charge is 0.335 e. The van der Waals surface area contributed by atoms with Gasteiger partial charge in [-0.3, -0.25) is 15.1 Å². The van der Waals surface area contributed by atoms with Gasteiger partial charge in [-0.25, -0.2) is 0 Å². The molecular weight excluding hydrogens is 180 g/mol. The first-order chi connectivity index (χ1) is 6.75. The van der Waals surface area contributed by atoms with Gasteiger partial charge in [0.1, 0.15) is 6.17 Å². The van der Waals surface area contributed by atoms with Crippen LogP contribution in [0.5, 0.6) is 0 Å². The van der Waals surface area contributed by atoms with Crippen LogP contribution in [0.3, 0.4) is 0 Å². The minimum absolute atomic E-state index is 0.0492. The number of nitrogens with zero attached hydrogens (tertiary/aromatic N) is 1. The molecule has 74 valence electrons. The Morgan fingerprint density at radius 2 is 2.36 bits per heavy atom. The molecule has 1 amide bonds. The predicted molar refractivity (Wildman–Crippen MR) is 50.8 cm³/mol. The van der Waals surface area contributed by atoms with Crippen LogP contribution in [0.25, 0.3) is 0 Å². The van der Waals surface area contributed by atoms with Crippen molar-refractivity contribution in [3.8, 4) is 0 Å². The summed E-state index contributed by atoms with van der Waals surface area (Å²) in [5.41, 5.74) is 6.43. The van der Waals surface area contributed by atoms with Crippen molar-refractivity contribution >= 4 is 5.91 Å². The average Bonchev–Trinajstić information content (AvgIpc) is 2.18. The molecule has 2 atom stereocenters. The molecule has 4 N–H and O–H groups in total. The Kier molecular flexibility index (Phi) is 2.43. The molecule has 0 radical (unpaired) electrons. The van der Waals surface area contributed by atoms with Crippen molar-refractivity contribution in [2.45, 2.75) is 18.8 Å². The topological polar surface area (TPSA) is 80.0 Å². The van der Waals surface area contributed by atoms with Crippen LogP contribution in [-0.4, -0.2) is 17.1 Å². The number of pyridine rings is 1. The Morgan fingerprint density at radius 1 is 1.50 bits per heavy atom. The number of hydrogen-bond donors (Lipinski definition) is 3. The summed E-state index contributed by atoms with van der Waals surface area (Å²) in [7, 11) is 0. The Labute approximate surface area is 81.7 Å². The third-order valence-electron chi connectivity index (χ3n) is 2.07. The van der Waals surface area contributed by atoms with E-state index >= 15 is 0 Å². The van der Waals surface area contributed by atoms with Gasteiger partial charge in [0.15, 0.2) is 0 Å². The summed E-state index contributed by atoms with van der Waals surface area (Å²) in [6, 6.07) is 5.54. The molecule has 0 bridgehead atoms. The Hall–Kier alpha value is -1.46. The normalized spacial score (nSPS) is 27.1. The molecule has 0 spiro atoms. The zero-order chi connectivity index (χ0) is 9.97. The van der Waals surface area contributed by atoms with Gasteiger partial charge in [0.25, 0.3) is 0 Å². The first-order valence-electron chi connectivity index (χ1n) is 4.47. The van der Waals surface area contributed by atoms with Gasteiger partial charge in [-0.15, -0.1) is 0 Å². The van der Waals surface area contributed by atoms with Crippen molar-refractivity contribution in [3.05, 3.63) is 30.1 Å². The SMILES string of the molecule is NC1CC(=O)NC(c2ccccn2)N1. The van der Waals surface area contributed by atoms with E-state index in [9.17, 15) is 4.79 Å². The fourth-order valence-electron chi connectivity index (χ4n) is 1.44. The molecule has 1 aliphatic rings. The maximum atomic E-state index is 11.2. The summed E-state index contributed by atoms with van der Waals surface area (Å²) in [5, 5.41) is 5.82. The van der Waals surface area contributed by atoms with E-state index in [0.717, 1.165) is 5.69 Å². The molecule has 1 saturated heterocycles. The molecule has 2 heterocycles. The van der Waals surface area contributed by atoms with Gasteiger partial charge in [-0.05, 0) is 12.1 Å². The van der Waals surface area contributed by atoms with Gasteiger partial charge in [0.2, 0.25) is 5.91 Å². The number of rotatable bonds is 1. The van der Waals surface area contributed by atoms with Crippen LogP contribution in [0.2, 0.25) is 0 Å². The van der Waals surface area contributed by atoms with Crippen LogP contribution >= 0.6 is 0 Å². The number of carbonyl (C=O) groups excluding carboxylic acids is 1. The van der Waals surface area contributed by atoms with Gasteiger partial charge in [-0.1, -0.05) is 6.07 Å². The molecule has 1 aromatic heterocycles. The second kappa shape index (κ2) is 3.73. The predicted octanol–water partition coefficient (Wildman–Crippen LogP) is -0.526. The van der Waals surface area contributed by atoms with Crippen LogP contribution in [-0.2, 0) is 4.79 Å². The molecule has 2 unspecified atom stereocenters. The summed E-state index contributed by atoms with van der Waals surface area (Å²) in [6.07, 6.45) is 1.43. The number of nitrogens with two attached hydrogens (primary N) is 1. The second-order valence-electron chi connectivity index (χ2n) is 3.23. The molecule has 1 aromatic rings. The number of amides is 1. The molecule has 0 saturated carbocycles. The first kappa shape index (κ1) is 9.11. The minimum Gasteiger partial charge on any atom is -0.335 e. The lowest BCUT2D eigenvalue weighted by Crippen LogP contribution is -2.54. The summed E-state index contributed by atoms with van der Waals surface area (Å²) in [6.45, 7) is 0. The van der Waals surface area contributed by atoms with Crippen molar-refractivity contribution in [1.82, 2.24) is 15.6 Å². The highest BCUT2D eigenvalue weighted by Gasteiger charge is 2.24. The van der Waals surface area contributed by atoms with Crippen molar-refractivity contribution in [2.24, 2.45) is 5.73 Å². The van der Waals surface area contributed by atoms with Gasteiger partial charge < -0.3 is 11.1 Å². The smallest absolute Gasteiger partial charge is 0.224 e.